The molecule has 1 aromatic carbocycles. The first-order valence-corrected chi connectivity index (χ1v) is 6.04. The maximum Gasteiger partial charge on any atom is 0.121 e. The Balaban J connectivity index is 2.57. The van der Waals surface area contributed by atoms with E-state index in [1.807, 2.05) is 26.2 Å². The summed E-state index contributed by atoms with van der Waals surface area (Å²) in [5.74, 6) is 0. The molecule has 3 nitrogen and oxygen atoms in total. The van der Waals surface area contributed by atoms with E-state index in [4.69, 9.17) is 5.26 Å². The van der Waals surface area contributed by atoms with Crippen molar-refractivity contribution in [2.45, 2.75) is 19.4 Å². The van der Waals surface area contributed by atoms with Crippen LogP contribution >= 0.6 is 0 Å². The number of likely N-dealkylation sites (N-methyl/N-ethyl adjacent to an activating group) is 1. The third kappa shape index (κ3) is 4.56. The molecule has 0 bridgehead atoms. The molecule has 0 heterocycles. The smallest absolute Gasteiger partial charge is 0.121 e. The molecule has 0 saturated carbocycles. The van der Waals surface area contributed by atoms with E-state index in [2.05, 4.69) is 35.3 Å². The molecule has 0 aliphatic heterocycles. The number of hydrogen-bond donors (Lipinski definition) is 1. The van der Waals surface area contributed by atoms with Gasteiger partial charge < -0.3 is 4.90 Å². The number of nitrogens with one attached hydrogen (secondary N) is 1. The molecule has 0 aliphatic carbocycles. The third-order valence-electron chi connectivity index (χ3n) is 2.76. The van der Waals surface area contributed by atoms with Gasteiger partial charge in [-0.2, -0.15) is 5.26 Å². The lowest BCUT2D eigenvalue weighted by Gasteiger charge is -2.14. The molecule has 1 rings (SSSR count). The van der Waals surface area contributed by atoms with Crippen LogP contribution in [-0.4, -0.2) is 32.1 Å². The normalized spacial score (nSPS) is 12.4. The predicted molar refractivity (Wildman–Crippen MR) is 70.7 cm³/mol. The Bertz CT molecular complexity index is 362. The highest BCUT2D eigenvalue weighted by molar-refractivity contribution is 5.28. The van der Waals surface area contributed by atoms with Gasteiger partial charge in [-0.15, -0.1) is 0 Å². The summed E-state index contributed by atoms with van der Waals surface area (Å²) in [6.07, 6.45) is 1.03. The molecular weight excluding hydrogens is 210 g/mol. The van der Waals surface area contributed by atoms with E-state index in [1.165, 1.54) is 5.56 Å². The van der Waals surface area contributed by atoms with Crippen LogP contribution < -0.4 is 5.32 Å². The molecule has 0 saturated heterocycles. The van der Waals surface area contributed by atoms with Gasteiger partial charge in [0.25, 0.3) is 0 Å². The van der Waals surface area contributed by atoms with Crippen LogP contribution in [0.5, 0.6) is 0 Å². The van der Waals surface area contributed by atoms with Crippen LogP contribution in [0.15, 0.2) is 24.3 Å². The second kappa shape index (κ2) is 7.05. The van der Waals surface area contributed by atoms with Crippen molar-refractivity contribution in [1.82, 2.24) is 10.2 Å². The fraction of sp³-hybridized carbons (Fsp3) is 0.500. The van der Waals surface area contributed by atoms with Gasteiger partial charge in [0.05, 0.1) is 6.07 Å². The quantitative estimate of drug-likeness (QED) is 0.813. The highest BCUT2D eigenvalue weighted by Gasteiger charge is 2.08. The molecule has 0 fully saturated rings. The second-order valence-electron chi connectivity index (χ2n) is 4.41. The SMILES string of the molecule is CCc1ccc(C(C#N)NCCN(C)C)cc1. The van der Waals surface area contributed by atoms with Gasteiger partial charge in [0.1, 0.15) is 6.04 Å². The highest BCUT2D eigenvalue weighted by Crippen LogP contribution is 2.13. The first-order valence-electron chi connectivity index (χ1n) is 6.04. The van der Waals surface area contributed by atoms with Crippen LogP contribution in [0.3, 0.4) is 0 Å². The van der Waals surface area contributed by atoms with E-state index >= 15 is 0 Å². The van der Waals surface area contributed by atoms with Crippen LogP contribution in [-0.2, 0) is 6.42 Å². The summed E-state index contributed by atoms with van der Waals surface area (Å²) >= 11 is 0. The number of aryl methyl sites for hydroxylation is 1. The Morgan fingerprint density at radius 3 is 2.41 bits per heavy atom. The lowest BCUT2D eigenvalue weighted by Crippen LogP contribution is -2.29. The summed E-state index contributed by atoms with van der Waals surface area (Å²) in [4.78, 5) is 2.10. The Morgan fingerprint density at radius 2 is 1.94 bits per heavy atom. The van der Waals surface area contributed by atoms with Gasteiger partial charge in [-0.1, -0.05) is 31.2 Å². The topological polar surface area (TPSA) is 39.1 Å². The van der Waals surface area contributed by atoms with E-state index < -0.39 is 0 Å². The van der Waals surface area contributed by atoms with Crippen molar-refractivity contribution in [3.05, 3.63) is 35.4 Å². The number of nitrogens with zero attached hydrogens (tertiary/aromatic N) is 2. The summed E-state index contributed by atoms with van der Waals surface area (Å²) in [5, 5.41) is 12.4. The monoisotopic (exact) mass is 231 g/mol. The number of rotatable bonds is 6. The van der Waals surface area contributed by atoms with Crippen molar-refractivity contribution in [2.75, 3.05) is 27.2 Å². The number of benzene rings is 1. The number of nitriles is 1. The van der Waals surface area contributed by atoms with E-state index in [-0.39, 0.29) is 6.04 Å². The highest BCUT2D eigenvalue weighted by atomic mass is 15.1. The predicted octanol–water partition coefficient (Wildman–Crippen LogP) is 1.96. The zero-order valence-electron chi connectivity index (χ0n) is 10.9. The third-order valence-corrected chi connectivity index (χ3v) is 2.76. The lowest BCUT2D eigenvalue weighted by molar-refractivity contribution is 0.395. The van der Waals surface area contributed by atoms with Crippen molar-refractivity contribution in [1.29, 1.82) is 5.26 Å². The summed E-state index contributed by atoms with van der Waals surface area (Å²) in [6.45, 7) is 3.89. The van der Waals surface area contributed by atoms with Gasteiger partial charge in [-0.05, 0) is 31.6 Å². The Labute approximate surface area is 104 Å². The van der Waals surface area contributed by atoms with Crippen molar-refractivity contribution < 1.29 is 0 Å². The fourth-order valence-corrected chi connectivity index (χ4v) is 1.62. The van der Waals surface area contributed by atoms with E-state index in [0.717, 1.165) is 25.1 Å². The van der Waals surface area contributed by atoms with Gasteiger partial charge in [0.15, 0.2) is 0 Å². The molecule has 0 amide bonds. The minimum atomic E-state index is -0.208. The van der Waals surface area contributed by atoms with Crippen LogP contribution in [0.25, 0.3) is 0 Å². The van der Waals surface area contributed by atoms with Crippen molar-refractivity contribution in [3.63, 3.8) is 0 Å². The van der Waals surface area contributed by atoms with Gasteiger partial charge >= 0.3 is 0 Å². The van der Waals surface area contributed by atoms with Crippen LogP contribution in [0, 0.1) is 11.3 Å². The van der Waals surface area contributed by atoms with Gasteiger partial charge in [0.2, 0.25) is 0 Å². The molecule has 1 atom stereocenters. The molecule has 0 spiro atoms. The molecule has 1 unspecified atom stereocenters. The van der Waals surface area contributed by atoms with E-state index in [9.17, 15) is 0 Å². The molecule has 0 aromatic heterocycles. The Hall–Kier alpha value is -1.37. The molecule has 0 aliphatic rings. The lowest BCUT2D eigenvalue weighted by atomic mass is 10.0. The fourth-order valence-electron chi connectivity index (χ4n) is 1.62. The average molecular weight is 231 g/mol. The zero-order chi connectivity index (χ0) is 12.7. The van der Waals surface area contributed by atoms with Crippen LogP contribution in [0.4, 0.5) is 0 Å². The summed E-state index contributed by atoms with van der Waals surface area (Å²) in [7, 11) is 4.05. The molecular formula is C14H21N3. The molecule has 0 radical (unpaired) electrons. The summed E-state index contributed by atoms with van der Waals surface area (Å²) in [6, 6.07) is 10.3. The molecule has 1 N–H and O–H groups in total. The first kappa shape index (κ1) is 13.7. The Morgan fingerprint density at radius 1 is 1.29 bits per heavy atom. The zero-order valence-corrected chi connectivity index (χ0v) is 10.9. The van der Waals surface area contributed by atoms with Crippen molar-refractivity contribution in [3.8, 4) is 6.07 Å². The van der Waals surface area contributed by atoms with Gasteiger partial charge in [0, 0.05) is 13.1 Å². The van der Waals surface area contributed by atoms with Gasteiger partial charge in [-0.3, -0.25) is 5.32 Å². The summed E-state index contributed by atoms with van der Waals surface area (Å²) < 4.78 is 0. The Kier molecular flexibility index (Phi) is 5.68. The maximum atomic E-state index is 9.15. The second-order valence-corrected chi connectivity index (χ2v) is 4.41. The number of hydrogen-bond acceptors (Lipinski definition) is 3. The molecule has 17 heavy (non-hydrogen) atoms. The van der Waals surface area contributed by atoms with Crippen molar-refractivity contribution >= 4 is 0 Å². The molecule has 92 valence electrons. The maximum absolute atomic E-state index is 9.15. The summed E-state index contributed by atoms with van der Waals surface area (Å²) in [5.41, 5.74) is 2.35. The van der Waals surface area contributed by atoms with Gasteiger partial charge in [-0.25, -0.2) is 0 Å². The van der Waals surface area contributed by atoms with Crippen LogP contribution in [0.2, 0.25) is 0 Å². The minimum absolute atomic E-state index is 0.208. The molecule has 1 aromatic rings. The van der Waals surface area contributed by atoms with Crippen molar-refractivity contribution in [2.24, 2.45) is 0 Å². The standard InChI is InChI=1S/C14H21N3/c1-4-12-5-7-13(8-6-12)14(11-15)16-9-10-17(2)3/h5-8,14,16H,4,9-10H2,1-3H3. The largest absolute Gasteiger partial charge is 0.308 e. The minimum Gasteiger partial charge on any atom is -0.308 e. The van der Waals surface area contributed by atoms with E-state index in [0.29, 0.717) is 0 Å². The molecule has 3 heteroatoms. The van der Waals surface area contributed by atoms with E-state index in [1.54, 1.807) is 0 Å². The van der Waals surface area contributed by atoms with Crippen LogP contribution in [0.1, 0.15) is 24.1 Å². The average Bonchev–Trinajstić information content (AvgIpc) is 2.34. The first-order chi connectivity index (χ1) is 8.17.